The second-order valence-corrected chi connectivity index (χ2v) is 5.65. The zero-order valence-electron chi connectivity index (χ0n) is 10.7. The Kier molecular flexibility index (Phi) is 4.19. The first kappa shape index (κ1) is 12.3. The quantitative estimate of drug-likeness (QED) is 0.521. The van der Waals surface area contributed by atoms with Gasteiger partial charge in [0.25, 0.3) is 0 Å². The maximum atomic E-state index is 5.73. The van der Waals surface area contributed by atoms with E-state index in [1.165, 1.54) is 45.6 Å². The molecular weight excluding hydrogens is 200 g/mol. The molecular formula is C12H26N4. The van der Waals surface area contributed by atoms with E-state index in [-0.39, 0.29) is 0 Å². The van der Waals surface area contributed by atoms with Gasteiger partial charge in [-0.15, -0.1) is 0 Å². The number of piperazine rings is 3. The Morgan fingerprint density at radius 2 is 1.88 bits per heavy atom. The van der Waals surface area contributed by atoms with E-state index in [2.05, 4.69) is 29.1 Å². The normalized spacial score (nSPS) is 35.6. The highest BCUT2D eigenvalue weighted by molar-refractivity contribution is 4.94. The zero-order valence-corrected chi connectivity index (χ0v) is 10.7. The Balaban J connectivity index is 1.88. The summed E-state index contributed by atoms with van der Waals surface area (Å²) in [7, 11) is 0. The van der Waals surface area contributed by atoms with Crippen LogP contribution in [-0.4, -0.2) is 54.6 Å². The largest absolute Gasteiger partial charge is 0.299 e. The highest BCUT2D eigenvalue weighted by Gasteiger charge is 2.36. The smallest absolute Gasteiger partial charge is 0.0391 e. The summed E-state index contributed by atoms with van der Waals surface area (Å²) in [5.41, 5.74) is 3.04. The van der Waals surface area contributed by atoms with Gasteiger partial charge in [-0.3, -0.25) is 21.1 Å². The highest BCUT2D eigenvalue weighted by atomic mass is 15.4. The monoisotopic (exact) mass is 226 g/mol. The van der Waals surface area contributed by atoms with Crippen molar-refractivity contribution in [1.82, 2.24) is 15.2 Å². The van der Waals surface area contributed by atoms with Crippen molar-refractivity contribution in [3.63, 3.8) is 0 Å². The summed E-state index contributed by atoms with van der Waals surface area (Å²) in [4.78, 5) is 5.19. The van der Waals surface area contributed by atoms with Crippen LogP contribution < -0.4 is 11.3 Å². The summed E-state index contributed by atoms with van der Waals surface area (Å²) in [5, 5.41) is 0. The predicted octanol–water partition coefficient (Wildman–Crippen LogP) is 0.254. The average Bonchev–Trinajstić information content (AvgIpc) is 2.31. The van der Waals surface area contributed by atoms with Crippen molar-refractivity contribution in [1.29, 1.82) is 0 Å². The molecule has 0 aromatic heterocycles. The van der Waals surface area contributed by atoms with Gasteiger partial charge in [0, 0.05) is 44.8 Å². The van der Waals surface area contributed by atoms with Crippen LogP contribution in [0.15, 0.2) is 0 Å². The van der Waals surface area contributed by atoms with Crippen molar-refractivity contribution in [2.45, 2.75) is 38.8 Å². The standard InChI is InChI=1S/C12H26N4/c1-10(2)3-4-11(14-13)12-9-15-5-7-16(12)8-6-15/h10-12,14H,3-9,13H2,1-2H3. The summed E-state index contributed by atoms with van der Waals surface area (Å²) in [6, 6.07) is 1.09. The molecule has 16 heavy (non-hydrogen) atoms. The van der Waals surface area contributed by atoms with Gasteiger partial charge in [0.1, 0.15) is 0 Å². The lowest BCUT2D eigenvalue weighted by Gasteiger charge is -2.50. The van der Waals surface area contributed by atoms with E-state index < -0.39 is 0 Å². The van der Waals surface area contributed by atoms with Crippen LogP contribution in [0.3, 0.4) is 0 Å². The fraction of sp³-hybridized carbons (Fsp3) is 1.00. The molecule has 94 valence electrons. The lowest BCUT2D eigenvalue weighted by atomic mass is 9.94. The Morgan fingerprint density at radius 1 is 1.19 bits per heavy atom. The molecule has 3 N–H and O–H groups in total. The Bertz CT molecular complexity index is 211. The molecule has 3 rings (SSSR count). The van der Waals surface area contributed by atoms with Gasteiger partial charge >= 0.3 is 0 Å². The van der Waals surface area contributed by atoms with E-state index in [4.69, 9.17) is 5.84 Å². The molecule has 3 heterocycles. The van der Waals surface area contributed by atoms with Crippen molar-refractivity contribution in [3.8, 4) is 0 Å². The van der Waals surface area contributed by atoms with Gasteiger partial charge in [-0.1, -0.05) is 13.8 Å². The minimum Gasteiger partial charge on any atom is -0.299 e. The van der Waals surface area contributed by atoms with Crippen LogP contribution in [0, 0.1) is 5.92 Å². The number of nitrogens with zero attached hydrogens (tertiary/aromatic N) is 2. The van der Waals surface area contributed by atoms with E-state index in [1.54, 1.807) is 0 Å². The van der Waals surface area contributed by atoms with Crippen LogP contribution in [0.4, 0.5) is 0 Å². The SMILES string of the molecule is CC(C)CCC(NN)C1CN2CCN1CC2. The third-order valence-corrected chi connectivity index (χ3v) is 4.05. The molecule has 0 radical (unpaired) electrons. The number of hydrogen-bond acceptors (Lipinski definition) is 4. The summed E-state index contributed by atoms with van der Waals surface area (Å²) in [6.07, 6.45) is 2.46. The van der Waals surface area contributed by atoms with Gasteiger partial charge in [-0.2, -0.15) is 0 Å². The molecule has 3 aliphatic heterocycles. The molecule has 3 aliphatic rings. The molecule has 0 spiro atoms. The highest BCUT2D eigenvalue weighted by Crippen LogP contribution is 2.21. The Hall–Kier alpha value is -0.160. The number of rotatable bonds is 5. The number of hydrogen-bond donors (Lipinski definition) is 2. The second-order valence-electron chi connectivity index (χ2n) is 5.65. The van der Waals surface area contributed by atoms with E-state index in [1.807, 2.05) is 0 Å². The third kappa shape index (κ3) is 2.74. The van der Waals surface area contributed by atoms with Gasteiger partial charge in [-0.25, -0.2) is 0 Å². The van der Waals surface area contributed by atoms with Crippen LogP contribution >= 0.6 is 0 Å². The van der Waals surface area contributed by atoms with Gasteiger partial charge < -0.3 is 0 Å². The summed E-state index contributed by atoms with van der Waals surface area (Å²) >= 11 is 0. The van der Waals surface area contributed by atoms with Gasteiger partial charge in [-0.05, 0) is 18.8 Å². The molecule has 2 unspecified atom stereocenters. The van der Waals surface area contributed by atoms with Gasteiger partial charge in [0.15, 0.2) is 0 Å². The minimum absolute atomic E-state index is 0.463. The predicted molar refractivity (Wildman–Crippen MR) is 67.0 cm³/mol. The van der Waals surface area contributed by atoms with Crippen LogP contribution in [0.1, 0.15) is 26.7 Å². The fourth-order valence-corrected chi connectivity index (χ4v) is 2.94. The number of nitrogens with two attached hydrogens (primary N) is 1. The first-order valence-electron chi connectivity index (χ1n) is 6.63. The van der Waals surface area contributed by atoms with Crippen molar-refractivity contribution < 1.29 is 0 Å². The topological polar surface area (TPSA) is 44.5 Å². The van der Waals surface area contributed by atoms with Crippen molar-refractivity contribution >= 4 is 0 Å². The van der Waals surface area contributed by atoms with Gasteiger partial charge in [0.2, 0.25) is 0 Å². The minimum atomic E-state index is 0.463. The molecule has 4 nitrogen and oxygen atoms in total. The lowest BCUT2D eigenvalue weighted by molar-refractivity contribution is -0.00519. The van der Waals surface area contributed by atoms with E-state index in [9.17, 15) is 0 Å². The van der Waals surface area contributed by atoms with Crippen molar-refractivity contribution in [3.05, 3.63) is 0 Å². The molecule has 0 aromatic rings. The van der Waals surface area contributed by atoms with Crippen LogP contribution in [0.25, 0.3) is 0 Å². The Labute approximate surface area is 99.1 Å². The maximum Gasteiger partial charge on any atom is 0.0391 e. The van der Waals surface area contributed by atoms with Crippen molar-refractivity contribution in [2.75, 3.05) is 32.7 Å². The molecule has 0 aliphatic carbocycles. The molecule has 4 heteroatoms. The van der Waals surface area contributed by atoms with Crippen LogP contribution in [0.5, 0.6) is 0 Å². The van der Waals surface area contributed by atoms with E-state index >= 15 is 0 Å². The second kappa shape index (κ2) is 5.45. The summed E-state index contributed by atoms with van der Waals surface area (Å²) in [5.74, 6) is 6.50. The zero-order chi connectivity index (χ0) is 11.5. The molecule has 0 aromatic carbocycles. The number of hydrazine groups is 1. The molecule has 0 amide bonds. The average molecular weight is 226 g/mol. The molecule has 3 saturated heterocycles. The number of fused-ring (bicyclic) bond motifs is 3. The third-order valence-electron chi connectivity index (χ3n) is 4.05. The number of nitrogens with one attached hydrogen (secondary N) is 1. The van der Waals surface area contributed by atoms with Crippen LogP contribution in [-0.2, 0) is 0 Å². The summed E-state index contributed by atoms with van der Waals surface area (Å²) in [6.45, 7) is 10.7. The Morgan fingerprint density at radius 3 is 2.31 bits per heavy atom. The maximum absolute atomic E-state index is 5.73. The first-order chi connectivity index (χ1) is 7.70. The fourth-order valence-electron chi connectivity index (χ4n) is 2.94. The molecule has 3 fully saturated rings. The van der Waals surface area contributed by atoms with Crippen molar-refractivity contribution in [2.24, 2.45) is 11.8 Å². The van der Waals surface area contributed by atoms with Gasteiger partial charge in [0.05, 0.1) is 0 Å². The van der Waals surface area contributed by atoms with E-state index in [0.29, 0.717) is 12.1 Å². The van der Waals surface area contributed by atoms with Crippen LogP contribution in [0.2, 0.25) is 0 Å². The summed E-state index contributed by atoms with van der Waals surface area (Å²) < 4.78 is 0. The molecule has 2 atom stereocenters. The molecule has 2 bridgehead atoms. The first-order valence-corrected chi connectivity index (χ1v) is 6.63. The lowest BCUT2D eigenvalue weighted by Crippen LogP contribution is -2.67. The van der Waals surface area contributed by atoms with E-state index in [0.717, 1.165) is 5.92 Å². The molecule has 0 saturated carbocycles.